The largest absolute Gasteiger partial charge is 0.508 e. The van der Waals surface area contributed by atoms with Gasteiger partial charge in [-0.1, -0.05) is 32.0 Å². The molecule has 1 amide bonds. The van der Waals surface area contributed by atoms with E-state index in [2.05, 4.69) is 5.32 Å². The molecule has 2 rings (SSSR count). The molecular weight excluding hydrogens is 472 g/mol. The van der Waals surface area contributed by atoms with Gasteiger partial charge in [-0.15, -0.1) is 0 Å². The van der Waals surface area contributed by atoms with E-state index in [0.717, 1.165) is 24.0 Å². The Bertz CT molecular complexity index is 1040. The summed E-state index contributed by atoms with van der Waals surface area (Å²) in [6.45, 7) is 4.01. The van der Waals surface area contributed by atoms with Crippen LogP contribution in [0.25, 0.3) is 0 Å². The van der Waals surface area contributed by atoms with E-state index < -0.39 is 32.9 Å². The van der Waals surface area contributed by atoms with Crippen molar-refractivity contribution in [3.8, 4) is 11.5 Å². The van der Waals surface area contributed by atoms with Crippen molar-refractivity contribution < 1.29 is 43.7 Å². The summed E-state index contributed by atoms with van der Waals surface area (Å²) in [5, 5.41) is 19.6. The van der Waals surface area contributed by atoms with E-state index in [9.17, 15) is 43.7 Å². The van der Waals surface area contributed by atoms with Gasteiger partial charge in [0.2, 0.25) is 5.91 Å². The molecular formula is C21H29NO9P2. The van der Waals surface area contributed by atoms with Gasteiger partial charge in [-0.3, -0.25) is 13.9 Å². The second-order valence-electron chi connectivity index (χ2n) is 7.81. The molecule has 2 atom stereocenters. The molecule has 12 heteroatoms. The molecule has 182 valence electrons. The molecule has 2 aromatic rings. The van der Waals surface area contributed by atoms with Crippen LogP contribution in [-0.4, -0.2) is 41.1 Å². The Morgan fingerprint density at radius 3 is 1.82 bits per heavy atom. The zero-order valence-electron chi connectivity index (χ0n) is 18.2. The lowest BCUT2D eigenvalue weighted by Gasteiger charge is -2.27. The highest BCUT2D eigenvalue weighted by Crippen LogP contribution is 2.61. The number of nitrogens with one attached hydrogen (secondary N) is 1. The number of rotatable bonds is 10. The molecule has 0 heterocycles. The van der Waals surface area contributed by atoms with Gasteiger partial charge in [0, 0.05) is 0 Å². The number of aromatic hydroxyl groups is 2. The minimum Gasteiger partial charge on any atom is -0.508 e. The first-order valence-electron chi connectivity index (χ1n) is 10.3. The van der Waals surface area contributed by atoms with Crippen LogP contribution in [0.2, 0.25) is 0 Å². The maximum absolute atomic E-state index is 12.3. The number of benzene rings is 2. The Morgan fingerprint density at radius 1 is 0.848 bits per heavy atom. The van der Waals surface area contributed by atoms with Crippen molar-refractivity contribution in [3.63, 3.8) is 0 Å². The molecule has 0 saturated heterocycles. The average Bonchev–Trinajstić information content (AvgIpc) is 2.71. The normalized spacial score (nSPS) is 14.2. The van der Waals surface area contributed by atoms with E-state index in [1.54, 1.807) is 18.2 Å². The molecule has 0 aliphatic carbocycles. The van der Waals surface area contributed by atoms with Crippen molar-refractivity contribution in [1.82, 2.24) is 0 Å². The van der Waals surface area contributed by atoms with Crippen molar-refractivity contribution >= 4 is 26.8 Å². The maximum atomic E-state index is 12.3. The Morgan fingerprint density at radius 2 is 1.33 bits per heavy atom. The molecule has 33 heavy (non-hydrogen) atoms. The van der Waals surface area contributed by atoms with Crippen molar-refractivity contribution in [1.29, 1.82) is 0 Å². The maximum Gasteiger partial charge on any atom is 0.341 e. The van der Waals surface area contributed by atoms with Crippen molar-refractivity contribution in [2.24, 2.45) is 0 Å². The van der Waals surface area contributed by atoms with E-state index in [4.69, 9.17) is 0 Å². The van der Waals surface area contributed by atoms with Gasteiger partial charge in [-0.2, -0.15) is 0 Å². The molecule has 0 saturated carbocycles. The Balaban J connectivity index is 2.32. The monoisotopic (exact) mass is 501 g/mol. The van der Waals surface area contributed by atoms with Crippen LogP contribution in [0.5, 0.6) is 11.5 Å². The molecule has 0 aromatic heterocycles. The van der Waals surface area contributed by atoms with Gasteiger partial charge in [0.05, 0.1) is 12.1 Å². The van der Waals surface area contributed by atoms with Crippen LogP contribution in [0.4, 0.5) is 5.69 Å². The summed E-state index contributed by atoms with van der Waals surface area (Å²) in [5.41, 5.74) is 1.76. The van der Waals surface area contributed by atoms with Crippen LogP contribution in [0.15, 0.2) is 42.5 Å². The smallest absolute Gasteiger partial charge is 0.341 e. The summed E-state index contributed by atoms with van der Waals surface area (Å²) in [5.74, 6) is -1.16. The van der Waals surface area contributed by atoms with Crippen molar-refractivity contribution in [3.05, 3.63) is 53.6 Å². The fourth-order valence-electron chi connectivity index (χ4n) is 3.91. The average molecular weight is 501 g/mol. The minimum atomic E-state index is -5.26. The number of hydrogen-bond acceptors (Lipinski definition) is 5. The fourth-order valence-corrected chi connectivity index (χ4v) is 6.29. The third kappa shape index (κ3) is 7.14. The topological polar surface area (TPSA) is 185 Å². The first kappa shape index (κ1) is 27.1. The van der Waals surface area contributed by atoms with Crippen molar-refractivity contribution in [2.75, 3.05) is 5.32 Å². The zero-order valence-corrected chi connectivity index (χ0v) is 20.0. The Labute approximate surface area is 191 Å². The number of anilines is 1. The highest BCUT2D eigenvalue weighted by atomic mass is 31.2. The number of amides is 1. The summed E-state index contributed by atoms with van der Waals surface area (Å²) < 4.78 is 22.9. The number of phenols is 2. The standard InChI is InChI=1S/C21H29NO9P2/c1-3-16(13-5-8-15(23)9-6-13)17(4-2)14-7-10-19(24)18(11-14)22-20(25)12-21(32(26,27)28)33(29,30)31/h5-11,16-17,21,23-24H,3-4,12H2,1-2H3,(H,22,25)(H2,26,27,28)(H2,29,30,31). The second-order valence-corrected chi connectivity index (χ2v) is 11.8. The molecule has 10 nitrogen and oxygen atoms in total. The summed E-state index contributed by atoms with van der Waals surface area (Å²) >= 11 is 0. The SMILES string of the molecule is CCC(c1ccc(O)cc1)C(CC)c1ccc(O)c(NC(=O)CC(P(=O)(O)O)P(=O)(O)O)c1. The van der Waals surface area contributed by atoms with Crippen molar-refractivity contribution in [2.45, 2.75) is 50.3 Å². The van der Waals surface area contributed by atoms with E-state index in [-0.39, 0.29) is 29.0 Å². The molecule has 0 radical (unpaired) electrons. The molecule has 0 aliphatic heterocycles. The van der Waals surface area contributed by atoms with Crippen LogP contribution in [-0.2, 0) is 13.9 Å². The lowest BCUT2D eigenvalue weighted by atomic mass is 9.78. The number of carbonyl (C=O) groups is 1. The minimum absolute atomic E-state index is 0.0197. The fraction of sp³-hybridized carbons (Fsp3) is 0.381. The van der Waals surface area contributed by atoms with Crippen LogP contribution in [0.3, 0.4) is 0 Å². The molecule has 0 fully saturated rings. The van der Waals surface area contributed by atoms with E-state index >= 15 is 0 Å². The second kappa shape index (κ2) is 10.8. The van der Waals surface area contributed by atoms with Crippen LogP contribution in [0, 0.1) is 0 Å². The molecule has 7 N–H and O–H groups in total. The summed E-state index contributed by atoms with van der Waals surface area (Å²) in [7, 11) is -10.5. The van der Waals surface area contributed by atoms with Gasteiger partial charge in [0.1, 0.15) is 11.5 Å². The highest BCUT2D eigenvalue weighted by molar-refractivity contribution is 7.70. The Hall–Kier alpha value is -2.19. The first-order chi connectivity index (χ1) is 15.3. The van der Waals surface area contributed by atoms with Crippen LogP contribution >= 0.6 is 15.2 Å². The lowest BCUT2D eigenvalue weighted by Crippen LogP contribution is -2.21. The Kier molecular flexibility index (Phi) is 8.88. The lowest BCUT2D eigenvalue weighted by molar-refractivity contribution is -0.116. The molecule has 2 aromatic carbocycles. The zero-order chi connectivity index (χ0) is 25.0. The van der Waals surface area contributed by atoms with Gasteiger partial charge < -0.3 is 35.1 Å². The summed E-state index contributed by atoms with van der Waals surface area (Å²) in [6, 6.07) is 11.5. The van der Waals surface area contributed by atoms with Gasteiger partial charge >= 0.3 is 15.2 Å². The van der Waals surface area contributed by atoms with Gasteiger partial charge in [-0.05, 0) is 60.1 Å². The summed E-state index contributed by atoms with van der Waals surface area (Å²) in [6.07, 6.45) is 0.370. The number of carbonyl (C=O) groups excluding carboxylic acids is 1. The molecule has 0 aliphatic rings. The van der Waals surface area contributed by atoms with Crippen LogP contribution < -0.4 is 5.32 Å². The van der Waals surface area contributed by atoms with E-state index in [1.165, 1.54) is 12.1 Å². The first-order valence-corrected chi connectivity index (χ1v) is 13.7. The third-order valence-corrected chi connectivity index (χ3v) is 9.28. The predicted molar refractivity (Wildman–Crippen MR) is 123 cm³/mol. The molecule has 2 unspecified atom stereocenters. The van der Waals surface area contributed by atoms with Crippen LogP contribution in [0.1, 0.15) is 56.1 Å². The quantitative estimate of drug-likeness (QED) is 0.188. The molecule has 0 spiro atoms. The summed E-state index contributed by atoms with van der Waals surface area (Å²) in [4.78, 5) is 49.2. The van der Waals surface area contributed by atoms with Gasteiger partial charge in [0.15, 0.2) is 5.40 Å². The number of hydrogen-bond donors (Lipinski definition) is 7. The highest BCUT2D eigenvalue weighted by Gasteiger charge is 2.44. The van der Waals surface area contributed by atoms with E-state index in [1.807, 2.05) is 26.0 Å². The van der Waals surface area contributed by atoms with Gasteiger partial charge in [0.25, 0.3) is 0 Å². The third-order valence-electron chi connectivity index (χ3n) is 5.55. The van der Waals surface area contributed by atoms with E-state index in [0.29, 0.717) is 0 Å². The predicted octanol–water partition coefficient (Wildman–Crippen LogP) is 3.80. The number of phenolic OH excluding ortho intramolecular Hbond substituents is 2. The molecule has 0 bridgehead atoms. The van der Waals surface area contributed by atoms with Gasteiger partial charge in [-0.25, -0.2) is 0 Å².